The van der Waals surface area contributed by atoms with Gasteiger partial charge in [0.1, 0.15) is 5.60 Å². The van der Waals surface area contributed by atoms with Crippen molar-refractivity contribution in [1.82, 2.24) is 4.90 Å². The first kappa shape index (κ1) is 13.0. The topological polar surface area (TPSA) is 66.8 Å². The number of carbonyl (C=O) groups excluding carboxylic acids is 1. The Morgan fingerprint density at radius 1 is 1.38 bits per heavy atom. The normalized spacial score (nSPS) is 25.9. The average molecular weight is 229 g/mol. The van der Waals surface area contributed by atoms with E-state index in [2.05, 4.69) is 0 Å². The molecule has 92 valence electrons. The first-order valence-corrected chi connectivity index (χ1v) is 5.37. The Kier molecular flexibility index (Phi) is 3.57. The number of aliphatic carboxylic acids is 1. The van der Waals surface area contributed by atoms with Gasteiger partial charge in [-0.15, -0.1) is 0 Å². The van der Waals surface area contributed by atoms with E-state index < -0.39 is 17.5 Å². The van der Waals surface area contributed by atoms with Gasteiger partial charge in [-0.3, -0.25) is 9.59 Å². The Balaban J connectivity index is 2.72. The number of amides is 1. The van der Waals surface area contributed by atoms with Gasteiger partial charge < -0.3 is 14.7 Å². The Hall–Kier alpha value is -1.10. The van der Waals surface area contributed by atoms with Crippen LogP contribution in [-0.2, 0) is 14.3 Å². The number of rotatable bonds is 3. The van der Waals surface area contributed by atoms with E-state index in [-0.39, 0.29) is 18.4 Å². The summed E-state index contributed by atoms with van der Waals surface area (Å²) in [4.78, 5) is 24.5. The molecule has 0 saturated carbocycles. The highest BCUT2D eigenvalue weighted by atomic mass is 16.5. The van der Waals surface area contributed by atoms with E-state index in [0.29, 0.717) is 6.54 Å². The van der Waals surface area contributed by atoms with Gasteiger partial charge in [-0.2, -0.15) is 0 Å². The van der Waals surface area contributed by atoms with Gasteiger partial charge in [0, 0.05) is 20.2 Å². The van der Waals surface area contributed by atoms with Crippen LogP contribution in [0.2, 0.25) is 0 Å². The summed E-state index contributed by atoms with van der Waals surface area (Å²) in [6.07, 6.45) is 0. The van der Waals surface area contributed by atoms with E-state index in [1.807, 2.05) is 6.92 Å². The molecule has 2 atom stereocenters. The van der Waals surface area contributed by atoms with Gasteiger partial charge in [-0.25, -0.2) is 0 Å². The molecule has 5 nitrogen and oxygen atoms in total. The van der Waals surface area contributed by atoms with Crippen molar-refractivity contribution < 1.29 is 19.4 Å². The van der Waals surface area contributed by atoms with E-state index in [0.717, 1.165) is 0 Å². The van der Waals surface area contributed by atoms with Crippen molar-refractivity contribution in [3.63, 3.8) is 0 Å². The third kappa shape index (κ3) is 2.35. The lowest BCUT2D eigenvalue weighted by Gasteiger charge is -2.27. The van der Waals surface area contributed by atoms with Crippen molar-refractivity contribution >= 4 is 11.9 Å². The molecule has 0 bridgehead atoms. The predicted molar refractivity (Wildman–Crippen MR) is 58.0 cm³/mol. The van der Waals surface area contributed by atoms with Crippen LogP contribution in [0.25, 0.3) is 0 Å². The fraction of sp³-hybridized carbons (Fsp3) is 0.818. The van der Waals surface area contributed by atoms with E-state index in [1.54, 1.807) is 18.7 Å². The maximum atomic E-state index is 12.0. The third-order valence-corrected chi connectivity index (χ3v) is 3.24. The van der Waals surface area contributed by atoms with Crippen molar-refractivity contribution in [1.29, 1.82) is 0 Å². The third-order valence-electron chi connectivity index (χ3n) is 3.24. The summed E-state index contributed by atoms with van der Waals surface area (Å²) in [5.74, 6) is -1.45. The van der Waals surface area contributed by atoms with Gasteiger partial charge in [-0.05, 0) is 19.8 Å². The lowest BCUT2D eigenvalue weighted by Crippen LogP contribution is -2.45. The van der Waals surface area contributed by atoms with Crippen LogP contribution in [0.5, 0.6) is 0 Å². The number of carboxylic acid groups (broad SMARTS) is 1. The van der Waals surface area contributed by atoms with Crippen LogP contribution in [0.3, 0.4) is 0 Å². The second-order valence-electron chi connectivity index (χ2n) is 4.85. The number of hydrogen-bond acceptors (Lipinski definition) is 3. The molecule has 1 rings (SSSR count). The summed E-state index contributed by atoms with van der Waals surface area (Å²) >= 11 is 0. The van der Waals surface area contributed by atoms with Gasteiger partial charge in [0.25, 0.3) is 5.91 Å². The van der Waals surface area contributed by atoms with Gasteiger partial charge in [0.2, 0.25) is 0 Å². The van der Waals surface area contributed by atoms with E-state index in [4.69, 9.17) is 9.84 Å². The first-order chi connectivity index (χ1) is 7.29. The number of methoxy groups -OCH3 is 1. The van der Waals surface area contributed by atoms with Gasteiger partial charge in [0.05, 0.1) is 5.92 Å². The van der Waals surface area contributed by atoms with Crippen molar-refractivity contribution in [3.05, 3.63) is 0 Å². The number of hydrogen-bond donors (Lipinski definition) is 1. The molecule has 1 saturated heterocycles. The Morgan fingerprint density at radius 3 is 2.31 bits per heavy atom. The molecule has 0 aromatic heterocycles. The highest BCUT2D eigenvalue weighted by Gasteiger charge is 2.41. The van der Waals surface area contributed by atoms with E-state index in [1.165, 1.54) is 7.11 Å². The minimum absolute atomic E-state index is 0.00546. The summed E-state index contributed by atoms with van der Waals surface area (Å²) in [6, 6.07) is 0. The molecular formula is C11H19NO4. The Labute approximate surface area is 95.4 Å². The van der Waals surface area contributed by atoms with Crippen LogP contribution < -0.4 is 0 Å². The molecule has 1 fully saturated rings. The largest absolute Gasteiger partial charge is 0.481 e. The Bertz CT molecular complexity index is 300. The van der Waals surface area contributed by atoms with Crippen molar-refractivity contribution in [2.24, 2.45) is 11.8 Å². The minimum Gasteiger partial charge on any atom is -0.481 e. The number of likely N-dealkylation sites (tertiary alicyclic amines) is 1. The smallest absolute Gasteiger partial charge is 0.308 e. The van der Waals surface area contributed by atoms with Crippen LogP contribution >= 0.6 is 0 Å². The van der Waals surface area contributed by atoms with Crippen LogP contribution in [0.1, 0.15) is 20.8 Å². The average Bonchev–Trinajstić information content (AvgIpc) is 2.59. The Morgan fingerprint density at radius 2 is 1.94 bits per heavy atom. The number of carboxylic acids is 1. The fourth-order valence-electron chi connectivity index (χ4n) is 1.92. The molecule has 0 radical (unpaired) electrons. The van der Waals surface area contributed by atoms with Gasteiger partial charge in [-0.1, -0.05) is 6.92 Å². The SMILES string of the molecule is COC(C)(C)C(=O)N1CC(C)C(C(=O)O)C1. The highest BCUT2D eigenvalue weighted by Crippen LogP contribution is 2.26. The zero-order valence-corrected chi connectivity index (χ0v) is 10.2. The van der Waals surface area contributed by atoms with E-state index in [9.17, 15) is 9.59 Å². The van der Waals surface area contributed by atoms with Gasteiger partial charge >= 0.3 is 5.97 Å². The summed E-state index contributed by atoms with van der Waals surface area (Å²) in [6.45, 7) is 6.00. The minimum atomic E-state index is -0.882. The zero-order chi connectivity index (χ0) is 12.5. The summed E-state index contributed by atoms with van der Waals surface area (Å²) in [5.41, 5.74) is -0.882. The highest BCUT2D eigenvalue weighted by molar-refractivity contribution is 5.85. The molecule has 0 spiro atoms. The van der Waals surface area contributed by atoms with Crippen LogP contribution in [0.4, 0.5) is 0 Å². The number of carbonyl (C=O) groups is 2. The first-order valence-electron chi connectivity index (χ1n) is 5.37. The fourth-order valence-corrected chi connectivity index (χ4v) is 1.92. The molecule has 0 aromatic rings. The zero-order valence-electron chi connectivity index (χ0n) is 10.2. The molecule has 0 aliphatic carbocycles. The maximum absolute atomic E-state index is 12.0. The van der Waals surface area contributed by atoms with Crippen molar-refractivity contribution in [3.8, 4) is 0 Å². The number of ether oxygens (including phenoxy) is 1. The van der Waals surface area contributed by atoms with Crippen LogP contribution in [0, 0.1) is 11.8 Å². The quantitative estimate of drug-likeness (QED) is 0.769. The lowest BCUT2D eigenvalue weighted by atomic mass is 9.99. The predicted octanol–water partition coefficient (Wildman–Crippen LogP) is 0.591. The molecule has 16 heavy (non-hydrogen) atoms. The monoisotopic (exact) mass is 229 g/mol. The molecule has 1 heterocycles. The van der Waals surface area contributed by atoms with E-state index >= 15 is 0 Å². The molecule has 0 aromatic carbocycles. The molecule has 5 heteroatoms. The summed E-state index contributed by atoms with van der Waals surface area (Å²) < 4.78 is 5.10. The molecule has 1 aliphatic rings. The molecule has 2 unspecified atom stereocenters. The van der Waals surface area contributed by atoms with Crippen molar-refractivity contribution in [2.75, 3.05) is 20.2 Å². The molecular weight excluding hydrogens is 210 g/mol. The molecule has 1 aliphatic heterocycles. The maximum Gasteiger partial charge on any atom is 0.308 e. The van der Waals surface area contributed by atoms with Crippen molar-refractivity contribution in [2.45, 2.75) is 26.4 Å². The summed E-state index contributed by atoms with van der Waals surface area (Å²) in [7, 11) is 1.48. The van der Waals surface area contributed by atoms with Gasteiger partial charge in [0.15, 0.2) is 0 Å². The molecule has 1 N–H and O–H groups in total. The second kappa shape index (κ2) is 4.41. The number of nitrogens with zero attached hydrogens (tertiary/aromatic N) is 1. The molecule has 1 amide bonds. The van der Waals surface area contributed by atoms with Crippen LogP contribution in [-0.4, -0.2) is 47.7 Å². The lowest BCUT2D eigenvalue weighted by molar-refractivity contribution is -0.150. The second-order valence-corrected chi connectivity index (χ2v) is 4.85. The summed E-state index contributed by atoms with van der Waals surface area (Å²) in [5, 5.41) is 8.97. The van der Waals surface area contributed by atoms with Crippen LogP contribution in [0.15, 0.2) is 0 Å². The standard InChI is InChI=1S/C11H19NO4/c1-7-5-12(6-8(7)9(13)14)10(15)11(2,3)16-4/h7-8H,5-6H2,1-4H3,(H,13,14).